The third kappa shape index (κ3) is 6.59. The van der Waals surface area contributed by atoms with Crippen LogP contribution in [-0.2, 0) is 0 Å². The smallest absolute Gasteiger partial charge is 0.0643 e. The summed E-state index contributed by atoms with van der Waals surface area (Å²) < 4.78 is 0. The number of allylic oxidation sites excluding steroid dienone is 11. The van der Waals surface area contributed by atoms with Gasteiger partial charge in [0.15, 0.2) is 0 Å². The minimum absolute atomic E-state index is 0.760. The summed E-state index contributed by atoms with van der Waals surface area (Å²) in [4.78, 5) is 4.31. The molecule has 27 heavy (non-hydrogen) atoms. The zero-order valence-corrected chi connectivity index (χ0v) is 16.1. The number of benzene rings is 1. The Morgan fingerprint density at radius 2 is 1.93 bits per heavy atom. The molecule has 138 valence electrons. The van der Waals surface area contributed by atoms with E-state index >= 15 is 0 Å². The third-order valence-electron chi connectivity index (χ3n) is 4.16. The third-order valence-corrected chi connectivity index (χ3v) is 4.16. The van der Waals surface area contributed by atoms with Crippen LogP contribution in [0.25, 0.3) is 0 Å². The predicted octanol–water partition coefficient (Wildman–Crippen LogP) is 6.20. The number of nitrogens with one attached hydrogen (secondary N) is 1. The fourth-order valence-electron chi connectivity index (χ4n) is 2.78. The fraction of sp³-hybridized carbons (Fsp3) is 0.160. The molecule has 0 atom stereocenters. The van der Waals surface area contributed by atoms with Gasteiger partial charge in [-0.15, -0.1) is 0 Å². The van der Waals surface area contributed by atoms with Crippen LogP contribution in [0.4, 0.5) is 5.69 Å². The number of aliphatic imine (C=N–C) groups is 1. The lowest BCUT2D eigenvalue weighted by molar-refractivity contribution is 1.02. The Kier molecular flexibility index (Phi) is 8.58. The van der Waals surface area contributed by atoms with E-state index < -0.39 is 0 Å². The Labute approximate surface area is 163 Å². The van der Waals surface area contributed by atoms with Crippen molar-refractivity contribution in [1.82, 2.24) is 0 Å². The molecule has 2 nitrogen and oxygen atoms in total. The first-order chi connectivity index (χ1) is 13.3. The van der Waals surface area contributed by atoms with E-state index in [1.54, 1.807) is 13.1 Å². The van der Waals surface area contributed by atoms with Crippen LogP contribution in [-0.4, -0.2) is 19.3 Å². The number of nitrogens with zero attached hydrogens (tertiary/aromatic N) is 1. The quantitative estimate of drug-likeness (QED) is 0.413. The predicted molar refractivity (Wildman–Crippen MR) is 121 cm³/mol. The molecule has 0 heterocycles. The standard InChI is InChI=1S/C25H28N2/c1-4-6-15-25(26-3)23-16-18-24(19-17-23)27-20-10-14-21(11-5-2)22-12-8-7-9-13-22/h4-6,8,10-19,27H,1-2,7,9,20H2,3H3/b14-10-,15-6-,21-11+,26-25?. The van der Waals surface area contributed by atoms with Crippen LogP contribution in [0.3, 0.4) is 0 Å². The second-order valence-corrected chi connectivity index (χ2v) is 6.06. The molecule has 2 rings (SSSR count). The van der Waals surface area contributed by atoms with Gasteiger partial charge in [-0.3, -0.25) is 4.99 Å². The van der Waals surface area contributed by atoms with Gasteiger partial charge in [0.05, 0.1) is 5.71 Å². The van der Waals surface area contributed by atoms with Gasteiger partial charge in [0.1, 0.15) is 0 Å². The summed E-state index contributed by atoms with van der Waals surface area (Å²) in [5, 5.41) is 3.42. The van der Waals surface area contributed by atoms with Crippen LogP contribution in [0.2, 0.25) is 0 Å². The van der Waals surface area contributed by atoms with Crippen molar-refractivity contribution in [3.8, 4) is 0 Å². The number of hydrogen-bond donors (Lipinski definition) is 1. The second-order valence-electron chi connectivity index (χ2n) is 6.06. The molecule has 1 N–H and O–H groups in total. The molecule has 0 unspecified atom stereocenters. The molecule has 0 spiro atoms. The van der Waals surface area contributed by atoms with Gasteiger partial charge in [0.2, 0.25) is 0 Å². The average Bonchev–Trinajstić information content (AvgIpc) is 2.72. The maximum absolute atomic E-state index is 4.31. The minimum Gasteiger partial charge on any atom is -0.382 e. The first kappa shape index (κ1) is 20.2. The van der Waals surface area contributed by atoms with Crippen LogP contribution in [0.1, 0.15) is 18.4 Å². The van der Waals surface area contributed by atoms with Crippen molar-refractivity contribution in [2.75, 3.05) is 18.9 Å². The van der Waals surface area contributed by atoms with Gasteiger partial charge in [0, 0.05) is 19.3 Å². The Hall–Kier alpha value is -3.13. The molecule has 1 aromatic rings. The first-order valence-corrected chi connectivity index (χ1v) is 9.25. The van der Waals surface area contributed by atoms with Crippen LogP contribution in [0, 0.1) is 0 Å². The fourth-order valence-corrected chi connectivity index (χ4v) is 2.78. The second kappa shape index (κ2) is 11.5. The maximum atomic E-state index is 4.31. The van der Waals surface area contributed by atoms with E-state index in [2.05, 4.69) is 84.2 Å². The van der Waals surface area contributed by atoms with Gasteiger partial charge in [0.25, 0.3) is 0 Å². The minimum atomic E-state index is 0.760. The zero-order valence-electron chi connectivity index (χ0n) is 16.1. The number of rotatable bonds is 9. The first-order valence-electron chi connectivity index (χ1n) is 9.25. The van der Waals surface area contributed by atoms with Crippen molar-refractivity contribution < 1.29 is 0 Å². The molecule has 0 aliphatic heterocycles. The molecule has 0 bridgehead atoms. The van der Waals surface area contributed by atoms with Crippen LogP contribution in [0.5, 0.6) is 0 Å². The largest absolute Gasteiger partial charge is 0.382 e. The van der Waals surface area contributed by atoms with Gasteiger partial charge < -0.3 is 5.32 Å². The summed E-state index contributed by atoms with van der Waals surface area (Å²) in [5.74, 6) is 0. The summed E-state index contributed by atoms with van der Waals surface area (Å²) in [6, 6.07) is 8.29. The van der Waals surface area contributed by atoms with Gasteiger partial charge >= 0.3 is 0 Å². The Morgan fingerprint density at radius 1 is 1.11 bits per heavy atom. The summed E-state index contributed by atoms with van der Waals surface area (Å²) in [7, 11) is 1.80. The highest BCUT2D eigenvalue weighted by atomic mass is 14.8. The molecule has 1 aliphatic rings. The van der Waals surface area contributed by atoms with Crippen molar-refractivity contribution in [1.29, 1.82) is 0 Å². The monoisotopic (exact) mass is 356 g/mol. The molecular formula is C25H28N2. The van der Waals surface area contributed by atoms with Crippen LogP contribution in [0.15, 0.2) is 114 Å². The Morgan fingerprint density at radius 3 is 2.56 bits per heavy atom. The molecule has 0 aromatic heterocycles. The van der Waals surface area contributed by atoms with Crippen LogP contribution < -0.4 is 5.32 Å². The maximum Gasteiger partial charge on any atom is 0.0643 e. The van der Waals surface area contributed by atoms with E-state index in [9.17, 15) is 0 Å². The summed E-state index contributed by atoms with van der Waals surface area (Å²) in [6.07, 6.45) is 22.7. The van der Waals surface area contributed by atoms with Crippen molar-refractivity contribution in [3.05, 3.63) is 115 Å². The highest BCUT2D eigenvalue weighted by Gasteiger charge is 2.01. The van der Waals surface area contributed by atoms with E-state index in [0.29, 0.717) is 0 Å². The van der Waals surface area contributed by atoms with Crippen LogP contribution >= 0.6 is 0 Å². The lowest BCUT2D eigenvalue weighted by Crippen LogP contribution is -2.00. The zero-order chi connectivity index (χ0) is 19.3. The normalized spacial score (nSPS) is 15.2. The van der Waals surface area contributed by atoms with E-state index in [0.717, 1.165) is 36.3 Å². The van der Waals surface area contributed by atoms with Gasteiger partial charge in [-0.05, 0) is 47.8 Å². The molecule has 0 amide bonds. The Balaban J connectivity index is 1.95. The highest BCUT2D eigenvalue weighted by molar-refractivity contribution is 6.08. The Bertz CT molecular complexity index is 812. The van der Waals surface area contributed by atoms with Gasteiger partial charge in [-0.1, -0.05) is 80.0 Å². The van der Waals surface area contributed by atoms with Gasteiger partial charge in [-0.25, -0.2) is 0 Å². The highest BCUT2D eigenvalue weighted by Crippen LogP contribution is 2.19. The van der Waals surface area contributed by atoms with E-state index in [1.807, 2.05) is 18.2 Å². The summed E-state index contributed by atoms with van der Waals surface area (Å²) in [6.45, 7) is 8.28. The molecule has 0 radical (unpaired) electrons. The lowest BCUT2D eigenvalue weighted by atomic mass is 9.99. The molecule has 0 saturated carbocycles. The molecule has 0 fully saturated rings. The summed E-state index contributed by atoms with van der Waals surface area (Å²) in [5.41, 5.74) is 5.56. The van der Waals surface area contributed by atoms with Crippen molar-refractivity contribution in [2.45, 2.75) is 12.8 Å². The van der Waals surface area contributed by atoms with Crippen molar-refractivity contribution >= 4 is 11.4 Å². The van der Waals surface area contributed by atoms with E-state index in [1.165, 1.54) is 11.1 Å². The van der Waals surface area contributed by atoms with Crippen molar-refractivity contribution in [2.24, 2.45) is 4.99 Å². The SMILES string of the molecule is C=C/C=C\C(=NC)c1ccc(NC/C=C\C(=C/C=C)C2=CCCC=C2)cc1. The molecular weight excluding hydrogens is 328 g/mol. The summed E-state index contributed by atoms with van der Waals surface area (Å²) >= 11 is 0. The average molecular weight is 357 g/mol. The molecule has 0 saturated heterocycles. The van der Waals surface area contributed by atoms with E-state index in [-0.39, 0.29) is 0 Å². The molecule has 2 heteroatoms. The molecule has 1 aromatic carbocycles. The van der Waals surface area contributed by atoms with Crippen molar-refractivity contribution in [3.63, 3.8) is 0 Å². The topological polar surface area (TPSA) is 24.4 Å². The molecule has 1 aliphatic carbocycles. The lowest BCUT2D eigenvalue weighted by Gasteiger charge is -2.08. The van der Waals surface area contributed by atoms with Gasteiger partial charge in [-0.2, -0.15) is 0 Å². The number of hydrogen-bond acceptors (Lipinski definition) is 2. The van der Waals surface area contributed by atoms with E-state index in [4.69, 9.17) is 0 Å². The number of anilines is 1.